The Bertz CT molecular complexity index is 249. The van der Waals surface area contributed by atoms with Crippen molar-refractivity contribution in [1.82, 2.24) is 5.32 Å². The molecule has 3 heteroatoms. The van der Waals surface area contributed by atoms with E-state index in [1.165, 1.54) is 50.0 Å². The van der Waals surface area contributed by atoms with Gasteiger partial charge in [0.1, 0.15) is 5.54 Å². The zero-order chi connectivity index (χ0) is 12.6. The molecule has 2 nitrogen and oxygen atoms in total. The maximum Gasteiger partial charge on any atom is 0.109 e. The molecule has 0 bridgehead atoms. The molecule has 2 unspecified atom stereocenters. The first-order valence-electron chi connectivity index (χ1n) is 6.97. The van der Waals surface area contributed by atoms with Crippen molar-refractivity contribution in [2.75, 3.05) is 18.6 Å². The number of nitrogens with zero attached hydrogens (tertiary/aromatic N) is 1. The second-order valence-corrected chi connectivity index (χ2v) is 6.26. The first kappa shape index (κ1) is 14.9. The maximum absolute atomic E-state index is 9.34. The van der Waals surface area contributed by atoms with Crippen LogP contribution in [0.5, 0.6) is 0 Å². The molecule has 1 aliphatic rings. The van der Waals surface area contributed by atoms with Crippen molar-refractivity contribution < 1.29 is 0 Å². The van der Waals surface area contributed by atoms with E-state index in [1.54, 1.807) is 0 Å². The molecule has 0 saturated heterocycles. The number of hydrogen-bond acceptors (Lipinski definition) is 3. The van der Waals surface area contributed by atoms with Crippen LogP contribution in [0.25, 0.3) is 0 Å². The standard InChI is InChI=1S/C14H26N2S/c1-3-4-5-10-17-11-8-13-7-6-9-14(13,12-15)16-2/h13,16H,3-11H2,1-2H3. The van der Waals surface area contributed by atoms with E-state index in [9.17, 15) is 5.26 Å². The molecule has 1 fully saturated rings. The molecular weight excluding hydrogens is 228 g/mol. The molecule has 0 aromatic carbocycles. The van der Waals surface area contributed by atoms with Crippen LogP contribution in [0.1, 0.15) is 51.9 Å². The Morgan fingerprint density at radius 3 is 2.88 bits per heavy atom. The van der Waals surface area contributed by atoms with Gasteiger partial charge in [-0.1, -0.05) is 26.2 Å². The van der Waals surface area contributed by atoms with E-state index >= 15 is 0 Å². The van der Waals surface area contributed by atoms with Crippen molar-refractivity contribution in [1.29, 1.82) is 5.26 Å². The average molecular weight is 254 g/mol. The van der Waals surface area contributed by atoms with E-state index in [0.717, 1.165) is 6.42 Å². The van der Waals surface area contributed by atoms with Gasteiger partial charge in [0.25, 0.3) is 0 Å². The highest BCUT2D eigenvalue weighted by Crippen LogP contribution is 2.37. The predicted molar refractivity (Wildman–Crippen MR) is 76.2 cm³/mol. The lowest BCUT2D eigenvalue weighted by molar-refractivity contribution is 0.332. The number of thioether (sulfide) groups is 1. The summed E-state index contributed by atoms with van der Waals surface area (Å²) in [6, 6.07) is 2.52. The molecular formula is C14H26N2S. The highest BCUT2D eigenvalue weighted by atomic mass is 32.2. The fourth-order valence-corrected chi connectivity index (χ4v) is 3.85. The van der Waals surface area contributed by atoms with Gasteiger partial charge in [0.15, 0.2) is 0 Å². The van der Waals surface area contributed by atoms with Crippen LogP contribution in [-0.2, 0) is 0 Å². The topological polar surface area (TPSA) is 35.8 Å². The molecule has 0 radical (unpaired) electrons. The fraction of sp³-hybridized carbons (Fsp3) is 0.929. The van der Waals surface area contributed by atoms with Gasteiger partial charge in [0, 0.05) is 0 Å². The van der Waals surface area contributed by atoms with Crippen LogP contribution in [0.4, 0.5) is 0 Å². The molecule has 2 atom stereocenters. The Morgan fingerprint density at radius 1 is 1.41 bits per heavy atom. The Hall–Kier alpha value is -0.200. The van der Waals surface area contributed by atoms with Crippen LogP contribution in [-0.4, -0.2) is 24.1 Å². The average Bonchev–Trinajstić information content (AvgIpc) is 2.77. The van der Waals surface area contributed by atoms with Crippen molar-refractivity contribution in [2.45, 2.75) is 57.4 Å². The predicted octanol–water partition coefficient (Wildman–Crippen LogP) is 3.58. The van der Waals surface area contributed by atoms with E-state index in [2.05, 4.69) is 30.1 Å². The Kier molecular flexibility index (Phi) is 6.99. The van der Waals surface area contributed by atoms with Gasteiger partial charge in [-0.2, -0.15) is 17.0 Å². The lowest BCUT2D eigenvalue weighted by atomic mass is 9.87. The van der Waals surface area contributed by atoms with Gasteiger partial charge in [-0.25, -0.2) is 0 Å². The smallest absolute Gasteiger partial charge is 0.109 e. The molecule has 17 heavy (non-hydrogen) atoms. The van der Waals surface area contributed by atoms with Crippen molar-refractivity contribution in [2.24, 2.45) is 5.92 Å². The molecule has 0 aliphatic heterocycles. The number of nitrogens with one attached hydrogen (secondary N) is 1. The second-order valence-electron chi connectivity index (χ2n) is 5.03. The van der Waals surface area contributed by atoms with Gasteiger partial charge in [0.2, 0.25) is 0 Å². The monoisotopic (exact) mass is 254 g/mol. The normalized spacial score (nSPS) is 28.2. The minimum atomic E-state index is -0.218. The minimum absolute atomic E-state index is 0.218. The van der Waals surface area contributed by atoms with E-state index in [4.69, 9.17) is 0 Å². The Labute approximate surface area is 111 Å². The summed E-state index contributed by atoms with van der Waals surface area (Å²) >= 11 is 2.06. The zero-order valence-electron chi connectivity index (χ0n) is 11.3. The Balaban J connectivity index is 2.20. The second kappa shape index (κ2) is 8.00. The summed E-state index contributed by atoms with van der Waals surface area (Å²) < 4.78 is 0. The molecule has 0 aromatic rings. The highest BCUT2D eigenvalue weighted by Gasteiger charge is 2.41. The number of nitriles is 1. The highest BCUT2D eigenvalue weighted by molar-refractivity contribution is 7.99. The van der Waals surface area contributed by atoms with Gasteiger partial charge < -0.3 is 5.32 Å². The van der Waals surface area contributed by atoms with Gasteiger partial charge in [0.05, 0.1) is 6.07 Å². The third-order valence-corrected chi connectivity index (χ3v) is 5.07. The van der Waals surface area contributed by atoms with Crippen LogP contribution in [0.3, 0.4) is 0 Å². The van der Waals surface area contributed by atoms with E-state index in [0.29, 0.717) is 5.92 Å². The third-order valence-electron chi connectivity index (χ3n) is 3.97. The summed E-state index contributed by atoms with van der Waals surface area (Å²) in [6.07, 6.45) is 8.68. The van der Waals surface area contributed by atoms with E-state index in [1.807, 2.05) is 7.05 Å². The first-order chi connectivity index (χ1) is 8.29. The van der Waals surface area contributed by atoms with E-state index in [-0.39, 0.29) is 5.54 Å². The lowest BCUT2D eigenvalue weighted by Gasteiger charge is -2.28. The molecule has 1 N–H and O–H groups in total. The van der Waals surface area contributed by atoms with Crippen molar-refractivity contribution >= 4 is 11.8 Å². The fourth-order valence-electron chi connectivity index (χ4n) is 2.78. The molecule has 0 heterocycles. The van der Waals surface area contributed by atoms with Gasteiger partial charge in [-0.05, 0) is 50.2 Å². The molecule has 1 saturated carbocycles. The van der Waals surface area contributed by atoms with Crippen molar-refractivity contribution in [3.8, 4) is 6.07 Å². The molecule has 1 aliphatic carbocycles. The Morgan fingerprint density at radius 2 is 2.24 bits per heavy atom. The maximum atomic E-state index is 9.34. The third kappa shape index (κ3) is 4.19. The molecule has 98 valence electrons. The quantitative estimate of drug-likeness (QED) is 0.673. The molecule has 0 aromatic heterocycles. The summed E-state index contributed by atoms with van der Waals surface area (Å²) in [5.74, 6) is 3.08. The van der Waals surface area contributed by atoms with Crippen molar-refractivity contribution in [3.63, 3.8) is 0 Å². The van der Waals surface area contributed by atoms with Gasteiger partial charge >= 0.3 is 0 Å². The summed E-state index contributed by atoms with van der Waals surface area (Å²) in [4.78, 5) is 0. The number of rotatable bonds is 8. The van der Waals surface area contributed by atoms with Gasteiger partial charge in [-0.15, -0.1) is 0 Å². The molecule has 0 amide bonds. The summed E-state index contributed by atoms with van der Waals surface area (Å²) in [5, 5.41) is 12.6. The summed E-state index contributed by atoms with van der Waals surface area (Å²) in [6.45, 7) is 2.25. The molecule has 1 rings (SSSR count). The van der Waals surface area contributed by atoms with Crippen LogP contribution in [0.15, 0.2) is 0 Å². The van der Waals surface area contributed by atoms with E-state index < -0.39 is 0 Å². The largest absolute Gasteiger partial charge is 0.302 e. The summed E-state index contributed by atoms with van der Waals surface area (Å²) in [7, 11) is 1.94. The molecule has 0 spiro atoms. The van der Waals surface area contributed by atoms with Crippen LogP contribution >= 0.6 is 11.8 Å². The summed E-state index contributed by atoms with van der Waals surface area (Å²) in [5.41, 5.74) is -0.218. The number of hydrogen-bond donors (Lipinski definition) is 1. The van der Waals surface area contributed by atoms with Crippen LogP contribution in [0, 0.1) is 17.2 Å². The first-order valence-corrected chi connectivity index (χ1v) is 8.12. The minimum Gasteiger partial charge on any atom is -0.302 e. The number of unbranched alkanes of at least 4 members (excludes halogenated alkanes) is 2. The van der Waals surface area contributed by atoms with Crippen LogP contribution < -0.4 is 5.32 Å². The van der Waals surface area contributed by atoms with Crippen LogP contribution in [0.2, 0.25) is 0 Å². The zero-order valence-corrected chi connectivity index (χ0v) is 12.1. The lowest BCUT2D eigenvalue weighted by Crippen LogP contribution is -2.44. The van der Waals surface area contributed by atoms with Gasteiger partial charge in [-0.3, -0.25) is 0 Å². The van der Waals surface area contributed by atoms with Crippen molar-refractivity contribution in [3.05, 3.63) is 0 Å². The SMILES string of the molecule is CCCCCSCCC1CCCC1(C#N)NC.